The number of ether oxygens (including phenoxy) is 4. The molecule has 2 aromatic heterocycles. The van der Waals surface area contributed by atoms with Crippen molar-refractivity contribution in [3.8, 4) is 17.6 Å². The molecule has 1 saturated heterocycles. The molecule has 67 heavy (non-hydrogen) atoms. The Balaban J connectivity index is 1.28. The molecule has 348 valence electrons. The molecule has 2 unspecified atom stereocenters. The minimum atomic E-state index is -3.11. The number of imidazole rings is 1. The molecule has 1 amide bonds. The largest absolute Gasteiger partial charge is 0.497 e. The first-order valence-corrected chi connectivity index (χ1v) is 24.6. The van der Waals surface area contributed by atoms with E-state index in [1.54, 1.807) is 53.4 Å². The number of nitrogens with zero attached hydrogens (tertiary/aromatic N) is 5. The van der Waals surface area contributed by atoms with Gasteiger partial charge in [-0.3, -0.25) is 19.2 Å². The number of rotatable bonds is 21. The second-order valence-electron chi connectivity index (χ2n) is 16.4. The van der Waals surface area contributed by atoms with Gasteiger partial charge in [0.05, 0.1) is 52.4 Å². The lowest BCUT2D eigenvalue weighted by Gasteiger charge is -2.43. The van der Waals surface area contributed by atoms with Crippen LogP contribution in [0.1, 0.15) is 61.9 Å². The molecule has 16 nitrogen and oxygen atoms in total. The first kappa shape index (κ1) is 48.6. The van der Waals surface area contributed by atoms with Crippen LogP contribution >= 0.6 is 8.60 Å². The molecule has 5 atom stereocenters. The average molecular weight is 945 g/mol. The molecule has 3 heterocycles. The summed E-state index contributed by atoms with van der Waals surface area (Å²) in [5, 5.41) is 14.0. The second-order valence-corrected chi connectivity index (χ2v) is 21.8. The Morgan fingerprint density at radius 3 is 2.19 bits per heavy atom. The van der Waals surface area contributed by atoms with Gasteiger partial charge in [-0.25, -0.2) is 19.7 Å². The number of carbonyl (C=O) groups excluding carboxylic acids is 2. The van der Waals surface area contributed by atoms with Crippen molar-refractivity contribution in [2.75, 3.05) is 39.4 Å². The van der Waals surface area contributed by atoms with Crippen molar-refractivity contribution in [1.82, 2.24) is 19.5 Å². The predicted octanol–water partition coefficient (Wildman–Crippen LogP) is 8.63. The molecule has 0 aliphatic carbocycles. The molecular weight excluding hydrogens is 892 g/mol. The SMILES string of the molecule is C=CCOC(=O)Nc1ncnc2c1ncn2[C@H]1C[C@H](OP(OCCC#N)OC(C(=O)c2ccccc2)c2cc(OC)cc(OC)c2)[C@@H](CO[Si](c2ccccc2)(c2ccccc2)C(C)(C)C)O1. The highest BCUT2D eigenvalue weighted by Gasteiger charge is 2.52. The number of aromatic nitrogens is 4. The number of nitrogens with one attached hydrogen (secondary N) is 1. The van der Waals surface area contributed by atoms with Gasteiger partial charge in [0, 0.05) is 18.1 Å². The Morgan fingerprint density at radius 2 is 1.60 bits per heavy atom. The maximum atomic E-state index is 14.5. The van der Waals surface area contributed by atoms with Gasteiger partial charge in [0.2, 0.25) is 0 Å². The lowest BCUT2D eigenvalue weighted by Crippen LogP contribution is -2.67. The topological polar surface area (TPSA) is 187 Å². The third-order valence-corrected chi connectivity index (χ3v) is 17.3. The van der Waals surface area contributed by atoms with E-state index >= 15 is 0 Å². The van der Waals surface area contributed by atoms with Crippen LogP contribution in [0.25, 0.3) is 11.2 Å². The third-order valence-electron chi connectivity index (χ3n) is 11.1. The first-order valence-electron chi connectivity index (χ1n) is 21.6. The van der Waals surface area contributed by atoms with Crippen LogP contribution in [-0.2, 0) is 27.5 Å². The number of nitriles is 1. The molecule has 1 aliphatic heterocycles. The second kappa shape index (κ2) is 22.4. The van der Waals surface area contributed by atoms with Gasteiger partial charge in [-0.05, 0) is 33.1 Å². The number of methoxy groups -OCH3 is 2. The summed E-state index contributed by atoms with van der Waals surface area (Å²) in [5.41, 5.74) is 1.49. The summed E-state index contributed by atoms with van der Waals surface area (Å²) in [5.74, 6) is 0.650. The standard InChI is InChI=1S/C49H53N6O10PSi/c1-7-25-60-48(57)54-46-43-47(52-32-51-46)55(33-53-43)42-30-40(41(63-42)31-62-67(49(2,3)4,38-20-13-9-14-21-38)39-22-15-10-16-23-39)64-66(61-26-17-24-50)65-45(44(56)34-18-11-8-12-19-34)35-27-36(58-5)29-37(28-35)59-6/h7-16,18-23,27-29,32-33,40-42,45H,1,17,25-26,30-31H2,2-6H3,(H,51,52,54,57)/t40-,41+,42+,45?,66?/m0/s1. The molecular formula is C49H53N6O10PSi. The minimum absolute atomic E-state index is 0.00450. The molecule has 1 aliphatic rings. The molecule has 0 bridgehead atoms. The Labute approximate surface area is 391 Å². The number of fused-ring (bicyclic) bond motifs is 1. The fourth-order valence-electron chi connectivity index (χ4n) is 7.97. The van der Waals surface area contributed by atoms with Crippen molar-refractivity contribution >= 4 is 56.2 Å². The summed E-state index contributed by atoms with van der Waals surface area (Å²) in [6.45, 7) is 10.2. The zero-order valence-corrected chi connectivity index (χ0v) is 39.8. The van der Waals surface area contributed by atoms with Crippen LogP contribution in [-0.4, -0.2) is 86.0 Å². The first-order chi connectivity index (χ1) is 32.5. The molecule has 4 aromatic carbocycles. The van der Waals surface area contributed by atoms with Crippen LogP contribution < -0.4 is 25.2 Å². The van der Waals surface area contributed by atoms with Crippen molar-refractivity contribution in [2.24, 2.45) is 0 Å². The number of benzene rings is 4. The fourth-order valence-corrected chi connectivity index (χ4v) is 13.8. The van der Waals surface area contributed by atoms with E-state index in [-0.39, 0.29) is 49.3 Å². The maximum absolute atomic E-state index is 14.5. The van der Waals surface area contributed by atoms with E-state index in [2.05, 4.69) is 78.0 Å². The van der Waals surface area contributed by atoms with Crippen LogP contribution in [0, 0.1) is 11.3 Å². The zero-order chi connectivity index (χ0) is 47.4. The van der Waals surface area contributed by atoms with Gasteiger partial charge in [-0.2, -0.15) is 5.26 Å². The highest BCUT2D eigenvalue weighted by molar-refractivity contribution is 7.41. The van der Waals surface area contributed by atoms with Crippen molar-refractivity contribution < 1.29 is 46.5 Å². The van der Waals surface area contributed by atoms with Gasteiger partial charge in [-0.1, -0.05) is 124 Å². The van der Waals surface area contributed by atoms with Gasteiger partial charge in [0.25, 0.3) is 8.32 Å². The molecule has 1 fully saturated rings. The fraction of sp³-hybridized carbons (Fsp3) is 0.306. The quantitative estimate of drug-likeness (QED) is 0.0237. The summed E-state index contributed by atoms with van der Waals surface area (Å²) in [4.78, 5) is 40.4. The monoisotopic (exact) mass is 944 g/mol. The van der Waals surface area contributed by atoms with Crippen LogP contribution in [0.3, 0.4) is 0 Å². The molecule has 0 spiro atoms. The van der Waals surface area contributed by atoms with E-state index < -0.39 is 47.6 Å². The number of amides is 1. The maximum Gasteiger partial charge on any atom is 0.413 e. The average Bonchev–Trinajstić information content (AvgIpc) is 3.97. The van der Waals surface area contributed by atoms with Crippen molar-refractivity contribution in [3.05, 3.63) is 146 Å². The Morgan fingerprint density at radius 1 is 0.955 bits per heavy atom. The summed E-state index contributed by atoms with van der Waals surface area (Å²) in [6.07, 6.45) is 0.282. The van der Waals surface area contributed by atoms with Crippen molar-refractivity contribution in [1.29, 1.82) is 5.26 Å². The van der Waals surface area contributed by atoms with Gasteiger partial charge in [0.1, 0.15) is 36.8 Å². The molecule has 1 N–H and O–H groups in total. The molecule has 0 saturated carbocycles. The highest BCUT2D eigenvalue weighted by Crippen LogP contribution is 2.51. The van der Waals surface area contributed by atoms with Gasteiger partial charge in [0.15, 0.2) is 28.9 Å². The van der Waals surface area contributed by atoms with Crippen molar-refractivity contribution in [3.63, 3.8) is 0 Å². The minimum Gasteiger partial charge on any atom is -0.497 e. The van der Waals surface area contributed by atoms with Crippen LogP contribution in [0.2, 0.25) is 5.04 Å². The van der Waals surface area contributed by atoms with Crippen LogP contribution in [0.5, 0.6) is 11.5 Å². The normalized spacial score (nSPS) is 17.0. The number of carbonyl (C=O) groups is 2. The number of hydrogen-bond acceptors (Lipinski definition) is 14. The summed E-state index contributed by atoms with van der Waals surface area (Å²) in [7, 11) is -2.48. The molecule has 7 rings (SSSR count). The molecule has 0 radical (unpaired) electrons. The van der Waals surface area contributed by atoms with Gasteiger partial charge in [-0.15, -0.1) is 0 Å². The number of Topliss-reactive ketones (excluding diaryl/α,β-unsaturated/α-hetero) is 1. The zero-order valence-electron chi connectivity index (χ0n) is 37.9. The lowest BCUT2D eigenvalue weighted by atomic mass is 9.99. The summed E-state index contributed by atoms with van der Waals surface area (Å²) >= 11 is 0. The molecule has 18 heteroatoms. The highest BCUT2D eigenvalue weighted by atomic mass is 31.2. The smallest absolute Gasteiger partial charge is 0.413 e. The Bertz CT molecular complexity index is 2590. The molecule has 6 aromatic rings. The summed E-state index contributed by atoms with van der Waals surface area (Å²) in [6, 6.07) is 36.5. The van der Waals surface area contributed by atoms with Gasteiger partial charge < -0.3 is 32.4 Å². The Kier molecular flexibility index (Phi) is 16.3. The van der Waals surface area contributed by atoms with Gasteiger partial charge >= 0.3 is 14.7 Å². The van der Waals surface area contributed by atoms with E-state index in [0.29, 0.717) is 33.8 Å². The predicted molar refractivity (Wildman–Crippen MR) is 255 cm³/mol. The van der Waals surface area contributed by atoms with E-state index in [9.17, 15) is 14.9 Å². The van der Waals surface area contributed by atoms with Crippen LogP contribution in [0.4, 0.5) is 10.6 Å². The third kappa shape index (κ3) is 11.3. The van der Waals surface area contributed by atoms with E-state index in [1.807, 2.05) is 42.5 Å². The van der Waals surface area contributed by atoms with E-state index in [0.717, 1.165) is 10.4 Å². The Hall–Kier alpha value is -6.35. The number of hydrogen-bond donors (Lipinski definition) is 1. The lowest BCUT2D eigenvalue weighted by molar-refractivity contribution is -0.0395. The van der Waals surface area contributed by atoms with E-state index in [4.69, 9.17) is 36.9 Å². The van der Waals surface area contributed by atoms with Crippen molar-refractivity contribution in [2.45, 2.75) is 63.2 Å². The number of anilines is 1. The summed E-state index contributed by atoms with van der Waals surface area (Å²) < 4.78 is 52.2. The van der Waals surface area contributed by atoms with E-state index in [1.165, 1.54) is 26.6 Å². The number of ketones is 1. The van der Waals surface area contributed by atoms with Crippen LogP contribution in [0.15, 0.2) is 135 Å².